The molecule has 0 aliphatic carbocycles. The van der Waals surface area contributed by atoms with Crippen LogP contribution < -0.4 is 4.72 Å². The largest absolute Gasteiger partial charge is 0.301 e. The number of nitrogens with zero attached hydrogens (tertiary/aromatic N) is 1. The summed E-state index contributed by atoms with van der Waals surface area (Å²) in [4.78, 5) is 4.90. The van der Waals surface area contributed by atoms with E-state index in [-0.39, 0.29) is 6.04 Å². The summed E-state index contributed by atoms with van der Waals surface area (Å²) in [6, 6.07) is -0.0980. The maximum atomic E-state index is 11.3. The lowest BCUT2D eigenvalue weighted by Gasteiger charge is -2.16. The number of hydrogen-bond acceptors (Lipinski definition) is 3. The van der Waals surface area contributed by atoms with E-state index in [2.05, 4.69) is 4.72 Å². The Bertz CT molecular complexity index is 231. The molecule has 0 atom stereocenters. The molecule has 1 rings (SSSR count). The second-order valence-corrected chi connectivity index (χ2v) is 4.58. The highest BCUT2D eigenvalue weighted by Crippen LogP contribution is 2.08. The SMILES string of the molecule is CC(C)NS(=O)(=O)N1CCCO1. The third-order valence-electron chi connectivity index (χ3n) is 1.37. The molecule has 0 aromatic heterocycles. The molecule has 6 heteroatoms. The van der Waals surface area contributed by atoms with Crippen molar-refractivity contribution in [2.45, 2.75) is 26.3 Å². The van der Waals surface area contributed by atoms with Crippen LogP contribution in [0.3, 0.4) is 0 Å². The number of hydrogen-bond donors (Lipinski definition) is 1. The smallest absolute Gasteiger partial charge is 0.283 e. The molecule has 1 saturated heterocycles. The van der Waals surface area contributed by atoms with Crippen molar-refractivity contribution < 1.29 is 13.3 Å². The first-order valence-corrected chi connectivity index (χ1v) is 5.39. The Morgan fingerprint density at radius 1 is 1.50 bits per heavy atom. The Morgan fingerprint density at radius 2 is 2.17 bits per heavy atom. The Hall–Kier alpha value is -0.170. The minimum absolute atomic E-state index is 0.0980. The Labute approximate surface area is 72.8 Å². The molecule has 0 aromatic carbocycles. The normalized spacial score (nSPS) is 20.6. The van der Waals surface area contributed by atoms with Gasteiger partial charge in [-0.15, -0.1) is 0 Å². The first-order valence-electron chi connectivity index (χ1n) is 3.95. The van der Waals surface area contributed by atoms with Crippen LogP contribution in [0.2, 0.25) is 0 Å². The van der Waals surface area contributed by atoms with Crippen molar-refractivity contribution in [3.63, 3.8) is 0 Å². The summed E-state index contributed by atoms with van der Waals surface area (Å²) in [7, 11) is -3.40. The van der Waals surface area contributed by atoms with Gasteiger partial charge in [0.25, 0.3) is 0 Å². The molecule has 0 aromatic rings. The van der Waals surface area contributed by atoms with Crippen molar-refractivity contribution in [2.24, 2.45) is 0 Å². The molecule has 0 saturated carbocycles. The van der Waals surface area contributed by atoms with Crippen molar-refractivity contribution in [1.29, 1.82) is 0 Å². The van der Waals surface area contributed by atoms with Gasteiger partial charge in [0.1, 0.15) is 0 Å². The Balaban J connectivity index is 2.58. The topological polar surface area (TPSA) is 58.6 Å². The van der Waals surface area contributed by atoms with Crippen LogP contribution in [-0.4, -0.2) is 32.1 Å². The van der Waals surface area contributed by atoms with Gasteiger partial charge in [0.2, 0.25) is 0 Å². The first kappa shape index (κ1) is 9.91. The van der Waals surface area contributed by atoms with Gasteiger partial charge in [-0.1, -0.05) is 4.47 Å². The van der Waals surface area contributed by atoms with E-state index in [0.717, 1.165) is 10.9 Å². The quantitative estimate of drug-likeness (QED) is 0.680. The fourth-order valence-corrected chi connectivity index (χ4v) is 2.27. The van der Waals surface area contributed by atoms with Gasteiger partial charge < -0.3 is 0 Å². The minimum atomic E-state index is -3.40. The van der Waals surface area contributed by atoms with E-state index in [0.29, 0.717) is 13.2 Å². The van der Waals surface area contributed by atoms with Gasteiger partial charge in [0.15, 0.2) is 0 Å². The van der Waals surface area contributed by atoms with Crippen LogP contribution in [0.1, 0.15) is 20.3 Å². The number of rotatable bonds is 3. The molecule has 1 aliphatic heterocycles. The zero-order valence-corrected chi connectivity index (χ0v) is 8.10. The standard InChI is InChI=1S/C6H14N2O3S/c1-6(2)7-12(9,10)8-4-3-5-11-8/h6-7H,3-5H2,1-2H3. The molecule has 0 bridgehead atoms. The van der Waals surface area contributed by atoms with E-state index in [4.69, 9.17) is 4.84 Å². The summed E-state index contributed by atoms with van der Waals surface area (Å²) in [5.74, 6) is 0. The summed E-state index contributed by atoms with van der Waals surface area (Å²) >= 11 is 0. The van der Waals surface area contributed by atoms with Gasteiger partial charge >= 0.3 is 10.2 Å². The lowest BCUT2D eigenvalue weighted by Crippen LogP contribution is -2.41. The lowest BCUT2D eigenvalue weighted by molar-refractivity contribution is -0.0298. The highest BCUT2D eigenvalue weighted by Gasteiger charge is 2.26. The monoisotopic (exact) mass is 194 g/mol. The summed E-state index contributed by atoms with van der Waals surface area (Å²) in [5.41, 5.74) is 0. The van der Waals surface area contributed by atoms with E-state index in [1.54, 1.807) is 13.8 Å². The van der Waals surface area contributed by atoms with Crippen LogP contribution in [0, 0.1) is 0 Å². The fraction of sp³-hybridized carbons (Fsp3) is 1.00. The molecule has 1 N–H and O–H groups in total. The molecule has 0 spiro atoms. The molecule has 1 fully saturated rings. The molecular weight excluding hydrogens is 180 g/mol. The van der Waals surface area contributed by atoms with E-state index >= 15 is 0 Å². The zero-order valence-electron chi connectivity index (χ0n) is 7.28. The molecular formula is C6H14N2O3S. The summed E-state index contributed by atoms with van der Waals surface area (Å²) in [6.07, 6.45) is 0.763. The van der Waals surface area contributed by atoms with Crippen LogP contribution in [0.5, 0.6) is 0 Å². The Kier molecular flexibility index (Phi) is 3.05. The third-order valence-corrected chi connectivity index (χ3v) is 2.97. The van der Waals surface area contributed by atoms with Crippen LogP contribution in [0.15, 0.2) is 0 Å². The van der Waals surface area contributed by atoms with E-state index in [9.17, 15) is 8.42 Å². The maximum Gasteiger partial charge on any atom is 0.301 e. The molecule has 1 aliphatic rings. The van der Waals surface area contributed by atoms with E-state index in [1.807, 2.05) is 0 Å². The van der Waals surface area contributed by atoms with Gasteiger partial charge in [-0.05, 0) is 20.3 Å². The van der Waals surface area contributed by atoms with Crippen molar-refractivity contribution in [3.8, 4) is 0 Å². The minimum Gasteiger partial charge on any atom is -0.283 e. The predicted molar refractivity (Wildman–Crippen MR) is 44.5 cm³/mol. The average molecular weight is 194 g/mol. The maximum absolute atomic E-state index is 11.3. The molecule has 12 heavy (non-hydrogen) atoms. The second-order valence-electron chi connectivity index (χ2n) is 2.99. The van der Waals surface area contributed by atoms with Gasteiger partial charge in [0.05, 0.1) is 6.61 Å². The van der Waals surface area contributed by atoms with Crippen molar-refractivity contribution in [3.05, 3.63) is 0 Å². The third kappa shape index (κ3) is 2.41. The molecule has 0 unspecified atom stereocenters. The van der Waals surface area contributed by atoms with E-state index in [1.165, 1.54) is 0 Å². The molecule has 5 nitrogen and oxygen atoms in total. The van der Waals surface area contributed by atoms with E-state index < -0.39 is 10.2 Å². The molecule has 72 valence electrons. The van der Waals surface area contributed by atoms with Crippen LogP contribution in [0.25, 0.3) is 0 Å². The zero-order chi connectivity index (χ0) is 9.19. The van der Waals surface area contributed by atoms with Crippen molar-refractivity contribution >= 4 is 10.2 Å². The molecule has 0 radical (unpaired) electrons. The van der Waals surface area contributed by atoms with Crippen molar-refractivity contribution in [2.75, 3.05) is 13.2 Å². The highest BCUT2D eigenvalue weighted by molar-refractivity contribution is 7.87. The van der Waals surface area contributed by atoms with Crippen LogP contribution in [-0.2, 0) is 15.0 Å². The Morgan fingerprint density at radius 3 is 2.58 bits per heavy atom. The van der Waals surface area contributed by atoms with Crippen LogP contribution >= 0.6 is 0 Å². The average Bonchev–Trinajstić information content (AvgIpc) is 2.32. The summed E-state index contributed by atoms with van der Waals surface area (Å²) in [5, 5.41) is 0. The van der Waals surface area contributed by atoms with Crippen LogP contribution in [0.4, 0.5) is 0 Å². The van der Waals surface area contributed by atoms with Crippen molar-refractivity contribution in [1.82, 2.24) is 9.19 Å². The highest BCUT2D eigenvalue weighted by atomic mass is 32.2. The van der Waals surface area contributed by atoms with Gasteiger partial charge in [-0.25, -0.2) is 0 Å². The van der Waals surface area contributed by atoms with Gasteiger partial charge in [0, 0.05) is 12.6 Å². The van der Waals surface area contributed by atoms with Gasteiger partial charge in [-0.2, -0.15) is 13.1 Å². The number of nitrogens with one attached hydrogen (secondary N) is 1. The molecule has 0 amide bonds. The summed E-state index contributed by atoms with van der Waals surface area (Å²) in [6.45, 7) is 4.47. The number of hydroxylamine groups is 1. The first-order chi connectivity index (χ1) is 5.52. The fourth-order valence-electron chi connectivity index (χ4n) is 0.971. The lowest BCUT2D eigenvalue weighted by atomic mass is 10.4. The molecule has 1 heterocycles. The summed E-state index contributed by atoms with van der Waals surface area (Å²) < 4.78 is 26.1. The second kappa shape index (κ2) is 3.69. The van der Waals surface area contributed by atoms with Gasteiger partial charge in [-0.3, -0.25) is 4.84 Å². The predicted octanol–water partition coefficient (Wildman–Crippen LogP) is -0.133.